The number of hydrogen-bond donors (Lipinski definition) is 2. The Hall–Kier alpha value is -2.99. The fourth-order valence-electron chi connectivity index (χ4n) is 2.61. The highest BCUT2D eigenvalue weighted by Gasteiger charge is 2.13. The Kier molecular flexibility index (Phi) is 4.26. The second kappa shape index (κ2) is 6.72. The Bertz CT molecular complexity index is 978. The maximum Gasteiger partial charge on any atom is 0.231 e. The third-order valence-corrected chi connectivity index (χ3v) is 4.33. The van der Waals surface area contributed by atoms with Gasteiger partial charge in [0, 0.05) is 34.2 Å². The number of ether oxygens (including phenoxy) is 2. The lowest BCUT2D eigenvalue weighted by atomic mass is 10.2. The van der Waals surface area contributed by atoms with E-state index in [9.17, 15) is 0 Å². The van der Waals surface area contributed by atoms with Gasteiger partial charge in [0.25, 0.3) is 0 Å². The summed E-state index contributed by atoms with van der Waals surface area (Å²) in [5.74, 6) is 2.63. The highest BCUT2D eigenvalue weighted by Crippen LogP contribution is 2.35. The summed E-state index contributed by atoms with van der Waals surface area (Å²) in [6.07, 6.45) is 0. The van der Waals surface area contributed by atoms with Gasteiger partial charge in [0.2, 0.25) is 12.7 Å². The molecule has 2 aromatic carbocycles. The minimum atomic E-state index is 0.249. The molecule has 1 aromatic heterocycles. The van der Waals surface area contributed by atoms with Gasteiger partial charge in [0.05, 0.1) is 0 Å². The summed E-state index contributed by atoms with van der Waals surface area (Å²) in [5, 5.41) is 7.15. The minimum absolute atomic E-state index is 0.249. The van der Waals surface area contributed by atoms with Crippen LogP contribution < -0.4 is 20.1 Å². The molecule has 1 aliphatic rings. The number of fused-ring (bicyclic) bond motifs is 1. The van der Waals surface area contributed by atoms with Crippen LogP contribution >= 0.6 is 11.6 Å². The number of nitrogens with one attached hydrogen (secondary N) is 2. The smallest absolute Gasteiger partial charge is 0.231 e. The lowest BCUT2D eigenvalue weighted by Crippen LogP contribution is -2.02. The molecule has 0 amide bonds. The highest BCUT2D eigenvalue weighted by molar-refractivity contribution is 6.31. The van der Waals surface area contributed by atoms with Crippen molar-refractivity contribution in [2.75, 3.05) is 17.4 Å². The molecule has 0 radical (unpaired) electrons. The maximum absolute atomic E-state index is 6.18. The van der Waals surface area contributed by atoms with Crippen LogP contribution in [0.2, 0.25) is 5.02 Å². The Morgan fingerprint density at radius 1 is 0.885 bits per heavy atom. The first kappa shape index (κ1) is 16.5. The summed E-state index contributed by atoms with van der Waals surface area (Å²) >= 11 is 6.18. The molecule has 132 valence electrons. The largest absolute Gasteiger partial charge is 0.454 e. The zero-order valence-corrected chi connectivity index (χ0v) is 15.1. The van der Waals surface area contributed by atoms with Gasteiger partial charge in [-0.15, -0.1) is 0 Å². The molecular weight excluding hydrogens is 352 g/mol. The fraction of sp³-hybridized carbons (Fsp3) is 0.158. The monoisotopic (exact) mass is 368 g/mol. The molecule has 0 bridgehead atoms. The van der Waals surface area contributed by atoms with Crippen molar-refractivity contribution in [2.24, 2.45) is 0 Å². The van der Waals surface area contributed by atoms with E-state index in [1.165, 1.54) is 0 Å². The molecule has 2 N–H and O–H groups in total. The van der Waals surface area contributed by atoms with Crippen LogP contribution in [0.5, 0.6) is 11.5 Å². The van der Waals surface area contributed by atoms with Crippen molar-refractivity contribution >= 4 is 34.7 Å². The van der Waals surface area contributed by atoms with Crippen LogP contribution in [0.25, 0.3) is 0 Å². The van der Waals surface area contributed by atoms with E-state index in [1.54, 1.807) is 0 Å². The number of aromatic nitrogens is 2. The van der Waals surface area contributed by atoms with E-state index in [-0.39, 0.29) is 6.79 Å². The van der Waals surface area contributed by atoms with E-state index in [4.69, 9.17) is 21.1 Å². The summed E-state index contributed by atoms with van der Waals surface area (Å²) in [6, 6.07) is 13.3. The first-order valence-corrected chi connectivity index (χ1v) is 8.50. The normalized spacial score (nSPS) is 12.1. The van der Waals surface area contributed by atoms with Gasteiger partial charge in [-0.05, 0) is 43.7 Å². The molecule has 0 atom stereocenters. The average molecular weight is 369 g/mol. The van der Waals surface area contributed by atoms with E-state index in [2.05, 4.69) is 20.6 Å². The quantitative estimate of drug-likeness (QED) is 0.678. The molecule has 0 fully saturated rings. The number of halogens is 1. The molecule has 0 spiro atoms. The lowest BCUT2D eigenvalue weighted by Gasteiger charge is -2.11. The molecule has 26 heavy (non-hydrogen) atoms. The van der Waals surface area contributed by atoms with Crippen LogP contribution in [0.4, 0.5) is 23.1 Å². The number of anilines is 4. The van der Waals surface area contributed by atoms with E-state index >= 15 is 0 Å². The van der Waals surface area contributed by atoms with Gasteiger partial charge in [-0.1, -0.05) is 17.7 Å². The Morgan fingerprint density at radius 2 is 1.65 bits per heavy atom. The molecule has 0 saturated carbocycles. The predicted octanol–water partition coefficient (Wildman–Crippen LogP) is 4.96. The topological polar surface area (TPSA) is 68.3 Å². The molecule has 2 heterocycles. The molecule has 4 rings (SSSR count). The van der Waals surface area contributed by atoms with Crippen molar-refractivity contribution < 1.29 is 9.47 Å². The molecule has 3 aromatic rings. The SMILES string of the molecule is Cc1cc(Nc2ccc3c(c2)OCO3)nc(Nc2ccc(C)c(Cl)c2)n1. The van der Waals surface area contributed by atoms with Crippen LogP contribution in [0.15, 0.2) is 42.5 Å². The van der Waals surface area contributed by atoms with E-state index in [1.807, 2.05) is 56.3 Å². The van der Waals surface area contributed by atoms with Crippen LogP contribution in [0, 0.1) is 13.8 Å². The number of hydrogen-bond acceptors (Lipinski definition) is 6. The lowest BCUT2D eigenvalue weighted by molar-refractivity contribution is 0.174. The summed E-state index contributed by atoms with van der Waals surface area (Å²) in [6.45, 7) is 4.13. The van der Waals surface area contributed by atoms with Crippen LogP contribution in [0.3, 0.4) is 0 Å². The summed E-state index contributed by atoms with van der Waals surface area (Å²) in [7, 11) is 0. The molecule has 1 aliphatic heterocycles. The van der Waals surface area contributed by atoms with Crippen molar-refractivity contribution in [3.05, 3.63) is 58.7 Å². The zero-order chi connectivity index (χ0) is 18.1. The van der Waals surface area contributed by atoms with Gasteiger partial charge in [-0.3, -0.25) is 0 Å². The third kappa shape index (κ3) is 3.50. The van der Waals surface area contributed by atoms with Crippen molar-refractivity contribution in [1.82, 2.24) is 9.97 Å². The molecule has 0 aliphatic carbocycles. The zero-order valence-electron chi connectivity index (χ0n) is 14.3. The molecule has 6 nitrogen and oxygen atoms in total. The fourth-order valence-corrected chi connectivity index (χ4v) is 2.79. The number of rotatable bonds is 4. The van der Waals surface area contributed by atoms with Gasteiger partial charge in [0.15, 0.2) is 11.5 Å². The van der Waals surface area contributed by atoms with Crippen LogP contribution in [0.1, 0.15) is 11.3 Å². The summed E-state index contributed by atoms with van der Waals surface area (Å²) in [4.78, 5) is 8.95. The van der Waals surface area contributed by atoms with Crippen molar-refractivity contribution in [3.8, 4) is 11.5 Å². The van der Waals surface area contributed by atoms with E-state index in [0.29, 0.717) is 22.5 Å². The Balaban J connectivity index is 1.56. The van der Waals surface area contributed by atoms with Crippen molar-refractivity contribution in [1.29, 1.82) is 0 Å². The molecule has 0 unspecified atom stereocenters. The van der Waals surface area contributed by atoms with Crippen LogP contribution in [-0.2, 0) is 0 Å². The minimum Gasteiger partial charge on any atom is -0.454 e. The maximum atomic E-state index is 6.18. The standard InChI is InChI=1S/C19H17ClN4O2/c1-11-3-4-13(8-15(11)20)23-19-21-12(2)7-18(24-19)22-14-5-6-16-17(9-14)26-10-25-16/h3-9H,10H2,1-2H3,(H2,21,22,23,24). The Labute approximate surface area is 156 Å². The first-order chi connectivity index (χ1) is 12.6. The Morgan fingerprint density at radius 3 is 2.50 bits per heavy atom. The van der Waals surface area contributed by atoms with Gasteiger partial charge in [-0.25, -0.2) is 4.98 Å². The van der Waals surface area contributed by atoms with Gasteiger partial charge >= 0.3 is 0 Å². The highest BCUT2D eigenvalue weighted by atomic mass is 35.5. The number of aryl methyl sites for hydroxylation is 2. The molecule has 7 heteroatoms. The second-order valence-corrected chi connectivity index (χ2v) is 6.41. The number of benzene rings is 2. The van der Waals surface area contributed by atoms with E-state index < -0.39 is 0 Å². The van der Waals surface area contributed by atoms with Crippen molar-refractivity contribution in [2.45, 2.75) is 13.8 Å². The van der Waals surface area contributed by atoms with Crippen LogP contribution in [-0.4, -0.2) is 16.8 Å². The molecular formula is C19H17ClN4O2. The summed E-state index contributed by atoms with van der Waals surface area (Å²) in [5.41, 5.74) is 3.55. The average Bonchev–Trinajstić information content (AvgIpc) is 3.05. The van der Waals surface area contributed by atoms with Crippen molar-refractivity contribution in [3.63, 3.8) is 0 Å². The van der Waals surface area contributed by atoms with E-state index in [0.717, 1.165) is 28.4 Å². The molecule has 0 saturated heterocycles. The van der Waals surface area contributed by atoms with Gasteiger partial charge in [0.1, 0.15) is 5.82 Å². The first-order valence-electron chi connectivity index (χ1n) is 8.12. The van der Waals surface area contributed by atoms with Gasteiger partial charge < -0.3 is 20.1 Å². The van der Waals surface area contributed by atoms with Gasteiger partial charge in [-0.2, -0.15) is 4.98 Å². The predicted molar refractivity (Wildman–Crippen MR) is 102 cm³/mol. The third-order valence-electron chi connectivity index (χ3n) is 3.93. The number of nitrogens with zero attached hydrogens (tertiary/aromatic N) is 2. The second-order valence-electron chi connectivity index (χ2n) is 6.00. The summed E-state index contributed by atoms with van der Waals surface area (Å²) < 4.78 is 10.7.